The number of hydrogen-bond acceptors (Lipinski definition) is 5. The zero-order valence-corrected chi connectivity index (χ0v) is 9.63. The molecule has 2 heterocycles. The summed E-state index contributed by atoms with van der Waals surface area (Å²) in [5, 5.41) is 0. The van der Waals surface area contributed by atoms with E-state index in [1.54, 1.807) is 12.4 Å². The van der Waals surface area contributed by atoms with Gasteiger partial charge >= 0.3 is 0 Å². The van der Waals surface area contributed by atoms with Crippen LogP contribution in [-0.4, -0.2) is 53.9 Å². The molecule has 0 bridgehead atoms. The molecule has 5 heteroatoms. The first-order valence-corrected chi connectivity index (χ1v) is 5.43. The van der Waals surface area contributed by atoms with Gasteiger partial charge in [0.25, 0.3) is 0 Å². The van der Waals surface area contributed by atoms with E-state index in [-0.39, 0.29) is 0 Å². The Labute approximate surface area is 95.1 Å². The molecular weight excluding hydrogens is 204 g/mol. The van der Waals surface area contributed by atoms with Gasteiger partial charge in [0.1, 0.15) is 0 Å². The summed E-state index contributed by atoms with van der Waals surface area (Å²) in [5.74, 6) is 0.714. The Kier molecular flexibility index (Phi) is 3.14. The SMILES string of the molecule is CC1CN(C)CCN1c1ncc(C=O)cn1. The van der Waals surface area contributed by atoms with E-state index in [9.17, 15) is 4.79 Å². The molecule has 86 valence electrons. The van der Waals surface area contributed by atoms with Gasteiger partial charge in [-0.05, 0) is 14.0 Å². The normalized spacial score (nSPS) is 22.1. The molecule has 0 saturated carbocycles. The first kappa shape index (κ1) is 11.0. The molecule has 1 aromatic rings. The lowest BCUT2D eigenvalue weighted by Gasteiger charge is -2.38. The average Bonchev–Trinajstić information content (AvgIpc) is 2.29. The Hall–Kier alpha value is -1.49. The van der Waals surface area contributed by atoms with Gasteiger partial charge in [-0.2, -0.15) is 0 Å². The fraction of sp³-hybridized carbons (Fsp3) is 0.545. The molecule has 0 N–H and O–H groups in total. The molecule has 16 heavy (non-hydrogen) atoms. The predicted molar refractivity (Wildman–Crippen MR) is 61.7 cm³/mol. The van der Waals surface area contributed by atoms with Crippen LogP contribution in [0.4, 0.5) is 5.95 Å². The minimum absolute atomic E-state index is 0.404. The minimum Gasteiger partial charge on any atom is -0.336 e. The monoisotopic (exact) mass is 220 g/mol. The van der Waals surface area contributed by atoms with Crippen LogP contribution in [0.25, 0.3) is 0 Å². The maximum Gasteiger partial charge on any atom is 0.225 e. The molecule has 5 nitrogen and oxygen atoms in total. The van der Waals surface area contributed by atoms with E-state index in [0.29, 0.717) is 17.6 Å². The minimum atomic E-state index is 0.404. The van der Waals surface area contributed by atoms with Gasteiger partial charge in [-0.1, -0.05) is 0 Å². The Bertz CT molecular complexity index is 365. The molecule has 1 aliphatic heterocycles. The van der Waals surface area contributed by atoms with E-state index in [1.807, 2.05) is 0 Å². The number of likely N-dealkylation sites (N-methyl/N-ethyl adjacent to an activating group) is 1. The number of carbonyl (C=O) groups is 1. The molecule has 0 radical (unpaired) electrons. The maximum absolute atomic E-state index is 10.5. The second-order valence-corrected chi connectivity index (χ2v) is 4.24. The summed E-state index contributed by atoms with van der Waals surface area (Å²) in [7, 11) is 2.12. The molecule has 1 atom stereocenters. The zero-order valence-electron chi connectivity index (χ0n) is 9.63. The third kappa shape index (κ3) is 2.19. The van der Waals surface area contributed by atoms with E-state index in [1.165, 1.54) is 0 Å². The number of rotatable bonds is 2. The number of carbonyl (C=O) groups excluding carboxylic acids is 1. The highest BCUT2D eigenvalue weighted by Gasteiger charge is 2.23. The van der Waals surface area contributed by atoms with Gasteiger partial charge in [0, 0.05) is 38.1 Å². The van der Waals surface area contributed by atoms with Crippen LogP contribution in [0.3, 0.4) is 0 Å². The third-order valence-electron chi connectivity index (χ3n) is 2.88. The smallest absolute Gasteiger partial charge is 0.225 e. The van der Waals surface area contributed by atoms with Gasteiger partial charge in [-0.25, -0.2) is 9.97 Å². The largest absolute Gasteiger partial charge is 0.336 e. The van der Waals surface area contributed by atoms with Crippen molar-refractivity contribution in [3.8, 4) is 0 Å². The molecule has 1 aromatic heterocycles. The summed E-state index contributed by atoms with van der Waals surface area (Å²) in [6, 6.07) is 0.404. The van der Waals surface area contributed by atoms with Crippen molar-refractivity contribution in [2.45, 2.75) is 13.0 Å². The topological polar surface area (TPSA) is 49.3 Å². The Morgan fingerprint density at radius 2 is 2.06 bits per heavy atom. The van der Waals surface area contributed by atoms with Crippen LogP contribution >= 0.6 is 0 Å². The number of nitrogens with zero attached hydrogens (tertiary/aromatic N) is 4. The van der Waals surface area contributed by atoms with Crippen molar-refractivity contribution in [3.05, 3.63) is 18.0 Å². The first-order chi connectivity index (χ1) is 7.70. The van der Waals surface area contributed by atoms with Crippen molar-refractivity contribution in [2.24, 2.45) is 0 Å². The molecule has 1 unspecified atom stereocenters. The van der Waals surface area contributed by atoms with Crippen LogP contribution < -0.4 is 4.90 Å². The second kappa shape index (κ2) is 4.57. The van der Waals surface area contributed by atoms with E-state index < -0.39 is 0 Å². The molecular formula is C11H16N4O. The quantitative estimate of drug-likeness (QED) is 0.676. The van der Waals surface area contributed by atoms with E-state index in [4.69, 9.17) is 0 Å². The van der Waals surface area contributed by atoms with Gasteiger partial charge in [-0.3, -0.25) is 4.79 Å². The molecule has 1 aliphatic rings. The summed E-state index contributed by atoms with van der Waals surface area (Å²) in [6.45, 7) is 5.12. The van der Waals surface area contributed by atoms with Crippen molar-refractivity contribution in [2.75, 3.05) is 31.6 Å². The summed E-state index contributed by atoms with van der Waals surface area (Å²) in [6.07, 6.45) is 3.90. The Morgan fingerprint density at radius 3 is 2.62 bits per heavy atom. The standard InChI is InChI=1S/C11H16N4O/c1-9-7-14(2)3-4-15(9)11-12-5-10(8-16)6-13-11/h5-6,8-9H,3-4,7H2,1-2H3. The van der Waals surface area contributed by atoms with E-state index in [0.717, 1.165) is 25.9 Å². The third-order valence-corrected chi connectivity index (χ3v) is 2.88. The number of anilines is 1. The van der Waals surface area contributed by atoms with Crippen molar-refractivity contribution >= 4 is 12.2 Å². The van der Waals surface area contributed by atoms with Gasteiger partial charge in [0.15, 0.2) is 6.29 Å². The molecule has 0 spiro atoms. The van der Waals surface area contributed by atoms with Crippen LogP contribution in [0, 0.1) is 0 Å². The fourth-order valence-corrected chi connectivity index (χ4v) is 1.98. The Balaban J connectivity index is 2.14. The molecule has 1 saturated heterocycles. The van der Waals surface area contributed by atoms with Gasteiger partial charge in [0.2, 0.25) is 5.95 Å². The Morgan fingerprint density at radius 1 is 1.38 bits per heavy atom. The van der Waals surface area contributed by atoms with Gasteiger partial charge < -0.3 is 9.80 Å². The predicted octanol–water partition coefficient (Wildman–Crippen LogP) is 0.429. The lowest BCUT2D eigenvalue weighted by Crippen LogP contribution is -2.51. The number of piperazine rings is 1. The molecule has 2 rings (SSSR count). The van der Waals surface area contributed by atoms with Crippen molar-refractivity contribution < 1.29 is 4.79 Å². The lowest BCUT2D eigenvalue weighted by atomic mass is 10.2. The molecule has 0 amide bonds. The summed E-state index contributed by atoms with van der Waals surface area (Å²) >= 11 is 0. The molecule has 0 aromatic carbocycles. The number of aldehydes is 1. The second-order valence-electron chi connectivity index (χ2n) is 4.24. The summed E-state index contributed by atoms with van der Waals surface area (Å²) in [4.78, 5) is 23.4. The van der Waals surface area contributed by atoms with Gasteiger partial charge in [0.05, 0.1) is 5.56 Å². The average molecular weight is 220 g/mol. The zero-order chi connectivity index (χ0) is 11.5. The summed E-state index contributed by atoms with van der Waals surface area (Å²) in [5.41, 5.74) is 0.519. The van der Waals surface area contributed by atoms with Crippen LogP contribution in [0.5, 0.6) is 0 Å². The van der Waals surface area contributed by atoms with Crippen LogP contribution in [0.1, 0.15) is 17.3 Å². The molecule has 0 aliphatic carbocycles. The van der Waals surface area contributed by atoms with Crippen molar-refractivity contribution in [1.29, 1.82) is 0 Å². The number of aromatic nitrogens is 2. The van der Waals surface area contributed by atoms with E-state index >= 15 is 0 Å². The van der Waals surface area contributed by atoms with Crippen molar-refractivity contribution in [1.82, 2.24) is 14.9 Å². The highest BCUT2D eigenvalue weighted by Crippen LogP contribution is 2.14. The first-order valence-electron chi connectivity index (χ1n) is 5.43. The highest BCUT2D eigenvalue weighted by atomic mass is 16.1. The lowest BCUT2D eigenvalue weighted by molar-refractivity contribution is 0.112. The maximum atomic E-state index is 10.5. The van der Waals surface area contributed by atoms with Crippen LogP contribution in [0.2, 0.25) is 0 Å². The van der Waals surface area contributed by atoms with E-state index in [2.05, 4.69) is 33.7 Å². The molecule has 1 fully saturated rings. The van der Waals surface area contributed by atoms with Crippen molar-refractivity contribution in [3.63, 3.8) is 0 Å². The van der Waals surface area contributed by atoms with Crippen LogP contribution in [-0.2, 0) is 0 Å². The summed E-state index contributed by atoms with van der Waals surface area (Å²) < 4.78 is 0. The highest BCUT2D eigenvalue weighted by molar-refractivity contribution is 5.73. The van der Waals surface area contributed by atoms with Crippen LogP contribution in [0.15, 0.2) is 12.4 Å². The number of hydrogen-bond donors (Lipinski definition) is 0. The van der Waals surface area contributed by atoms with Gasteiger partial charge in [-0.15, -0.1) is 0 Å². The fourth-order valence-electron chi connectivity index (χ4n) is 1.98.